The van der Waals surface area contributed by atoms with E-state index < -0.39 is 17.4 Å². The highest BCUT2D eigenvalue weighted by Crippen LogP contribution is 2.69. The Morgan fingerprint density at radius 3 is 3.04 bits per heavy atom. The van der Waals surface area contributed by atoms with Crippen LogP contribution in [0, 0.1) is 5.92 Å². The van der Waals surface area contributed by atoms with Gasteiger partial charge in [-0.1, -0.05) is 11.2 Å². The van der Waals surface area contributed by atoms with Gasteiger partial charge >= 0.3 is 0 Å². The van der Waals surface area contributed by atoms with Crippen molar-refractivity contribution in [2.24, 2.45) is 5.92 Å². The molecule has 2 atom stereocenters. The molecule has 2 aliphatic rings. The molecule has 1 N–H and O–H groups in total. The summed E-state index contributed by atoms with van der Waals surface area (Å²) in [7, 11) is 0. The fourth-order valence-corrected chi connectivity index (χ4v) is 3.10. The third-order valence-electron chi connectivity index (χ3n) is 4.29. The van der Waals surface area contributed by atoms with Crippen molar-refractivity contribution < 1.29 is 27.9 Å². The van der Waals surface area contributed by atoms with Crippen LogP contribution in [0.5, 0.6) is 11.5 Å². The number of ether oxygens (including phenoxy) is 2. The van der Waals surface area contributed by atoms with Gasteiger partial charge in [0.15, 0.2) is 6.61 Å². The van der Waals surface area contributed by atoms with Gasteiger partial charge in [0.05, 0.1) is 5.92 Å². The van der Waals surface area contributed by atoms with Crippen molar-refractivity contribution >= 4 is 0 Å². The average molecular weight is 324 g/mol. The normalized spacial score (nSPS) is 28.2. The highest BCUT2D eigenvalue weighted by atomic mass is 19.3. The van der Waals surface area contributed by atoms with Crippen LogP contribution in [0.3, 0.4) is 0 Å². The highest BCUT2D eigenvalue weighted by Gasteiger charge is 2.85. The van der Waals surface area contributed by atoms with Crippen molar-refractivity contribution in [2.45, 2.75) is 31.0 Å². The van der Waals surface area contributed by atoms with E-state index in [-0.39, 0.29) is 30.7 Å². The Labute approximate surface area is 130 Å². The van der Waals surface area contributed by atoms with Crippen molar-refractivity contribution in [3.05, 3.63) is 36.0 Å². The molecule has 1 aliphatic carbocycles. The Kier molecular flexibility index (Phi) is 3.06. The number of benzene rings is 1. The second kappa shape index (κ2) is 4.89. The van der Waals surface area contributed by atoms with Crippen molar-refractivity contribution in [2.75, 3.05) is 6.61 Å². The highest BCUT2D eigenvalue weighted by molar-refractivity contribution is 5.32. The molecule has 122 valence electrons. The van der Waals surface area contributed by atoms with Crippen LogP contribution < -0.4 is 4.74 Å². The van der Waals surface area contributed by atoms with E-state index in [4.69, 9.17) is 14.0 Å². The first-order chi connectivity index (χ1) is 11.0. The van der Waals surface area contributed by atoms with Crippen LogP contribution in [0.2, 0.25) is 0 Å². The Hall–Kier alpha value is -2.22. The number of phenolic OH excluding ortho intramolecular Hbond substituents is 1. The molecule has 1 aromatic carbocycles. The quantitative estimate of drug-likeness (QED) is 0.931. The standard InChI is InChI=1S/C15H14F2N2O4/c16-15(17)11-5-2-6-22-14(11,15)13-18-12(23-19-13)8-21-10-4-1-3-9(20)7-10/h1,3-4,7,11,20H,2,5-6,8H2. The average Bonchev–Trinajstić information content (AvgIpc) is 2.88. The summed E-state index contributed by atoms with van der Waals surface area (Å²) in [6, 6.07) is 6.19. The number of rotatable bonds is 4. The second-order valence-electron chi connectivity index (χ2n) is 5.70. The SMILES string of the molecule is Oc1cccc(OCc2nc(C34OCCCC3C4(F)F)no2)c1. The maximum Gasteiger partial charge on any atom is 0.290 e. The minimum atomic E-state index is -2.96. The topological polar surface area (TPSA) is 77.6 Å². The maximum atomic E-state index is 14.0. The van der Waals surface area contributed by atoms with Gasteiger partial charge in [0.1, 0.15) is 11.5 Å². The monoisotopic (exact) mass is 324 g/mol. The molecule has 1 saturated heterocycles. The summed E-state index contributed by atoms with van der Waals surface area (Å²) in [4.78, 5) is 4.01. The Morgan fingerprint density at radius 1 is 1.39 bits per heavy atom. The van der Waals surface area contributed by atoms with Gasteiger partial charge in [0, 0.05) is 12.7 Å². The third kappa shape index (κ3) is 2.08. The summed E-state index contributed by atoms with van der Waals surface area (Å²) in [6.07, 6.45) is 0.990. The molecule has 1 aromatic heterocycles. The summed E-state index contributed by atoms with van der Waals surface area (Å²) < 4.78 is 43.8. The van der Waals surface area contributed by atoms with E-state index >= 15 is 0 Å². The summed E-state index contributed by atoms with van der Waals surface area (Å²) in [6.45, 7) is 0.179. The molecule has 1 saturated carbocycles. The number of phenols is 1. The number of nitrogens with zero attached hydrogens (tertiary/aromatic N) is 2. The first-order valence-electron chi connectivity index (χ1n) is 7.31. The molecule has 6 nitrogen and oxygen atoms in total. The van der Waals surface area contributed by atoms with E-state index in [0.717, 1.165) is 0 Å². The number of hydrogen-bond donors (Lipinski definition) is 1. The van der Waals surface area contributed by atoms with Crippen LogP contribution in [-0.4, -0.2) is 27.8 Å². The predicted octanol–water partition coefficient (Wildman–Crippen LogP) is 2.63. The number of halogens is 2. The number of aromatic nitrogens is 2. The minimum Gasteiger partial charge on any atom is -0.508 e. The van der Waals surface area contributed by atoms with Crippen LogP contribution in [0.1, 0.15) is 24.6 Å². The third-order valence-corrected chi connectivity index (χ3v) is 4.29. The lowest BCUT2D eigenvalue weighted by Crippen LogP contribution is -2.25. The zero-order valence-corrected chi connectivity index (χ0v) is 12.0. The second-order valence-corrected chi connectivity index (χ2v) is 5.70. The summed E-state index contributed by atoms with van der Waals surface area (Å²) in [5.41, 5.74) is -1.74. The fourth-order valence-electron chi connectivity index (χ4n) is 3.10. The lowest BCUT2D eigenvalue weighted by atomic mass is 10.1. The molecule has 2 aromatic rings. The zero-order valence-electron chi connectivity index (χ0n) is 12.0. The van der Waals surface area contributed by atoms with E-state index in [1.807, 2.05) is 0 Å². The number of alkyl halides is 2. The van der Waals surface area contributed by atoms with E-state index in [9.17, 15) is 13.9 Å². The smallest absolute Gasteiger partial charge is 0.290 e. The van der Waals surface area contributed by atoms with Gasteiger partial charge in [0.25, 0.3) is 11.8 Å². The Bertz CT molecular complexity index is 736. The van der Waals surface area contributed by atoms with Gasteiger partial charge in [-0.25, -0.2) is 8.78 Å². The van der Waals surface area contributed by atoms with Crippen LogP contribution in [0.4, 0.5) is 8.78 Å². The molecule has 2 fully saturated rings. The number of hydrogen-bond acceptors (Lipinski definition) is 6. The lowest BCUT2D eigenvalue weighted by Gasteiger charge is -2.17. The molecule has 0 amide bonds. The summed E-state index contributed by atoms with van der Waals surface area (Å²) in [5.74, 6) is -3.43. The first-order valence-corrected chi connectivity index (χ1v) is 7.31. The van der Waals surface area contributed by atoms with Crippen LogP contribution in [0.15, 0.2) is 28.8 Å². The van der Waals surface area contributed by atoms with Gasteiger partial charge in [-0.3, -0.25) is 0 Å². The lowest BCUT2D eigenvalue weighted by molar-refractivity contribution is -0.0704. The molecule has 0 bridgehead atoms. The molecule has 2 unspecified atom stereocenters. The predicted molar refractivity (Wildman–Crippen MR) is 72.0 cm³/mol. The van der Waals surface area contributed by atoms with Crippen molar-refractivity contribution in [3.8, 4) is 11.5 Å². The minimum absolute atomic E-state index is 0.0590. The zero-order chi connectivity index (χ0) is 16.1. The number of fused-ring (bicyclic) bond motifs is 1. The Morgan fingerprint density at radius 2 is 2.26 bits per heavy atom. The maximum absolute atomic E-state index is 14.0. The van der Waals surface area contributed by atoms with Crippen LogP contribution in [-0.2, 0) is 16.9 Å². The van der Waals surface area contributed by atoms with Crippen LogP contribution in [0.25, 0.3) is 0 Å². The molecule has 2 heterocycles. The molecule has 1 aliphatic heterocycles. The summed E-state index contributed by atoms with van der Waals surface area (Å²) in [5, 5.41) is 13.0. The van der Waals surface area contributed by atoms with Crippen molar-refractivity contribution in [3.63, 3.8) is 0 Å². The van der Waals surface area contributed by atoms with Gasteiger partial charge in [-0.15, -0.1) is 0 Å². The van der Waals surface area contributed by atoms with E-state index in [0.29, 0.717) is 18.6 Å². The fraction of sp³-hybridized carbons (Fsp3) is 0.467. The first kappa shape index (κ1) is 14.4. The number of aromatic hydroxyl groups is 1. The van der Waals surface area contributed by atoms with Crippen LogP contribution >= 0.6 is 0 Å². The summed E-state index contributed by atoms with van der Waals surface area (Å²) >= 11 is 0. The van der Waals surface area contributed by atoms with E-state index in [2.05, 4.69) is 10.1 Å². The molecule has 23 heavy (non-hydrogen) atoms. The molecule has 8 heteroatoms. The van der Waals surface area contributed by atoms with Gasteiger partial charge in [-0.05, 0) is 25.0 Å². The molecule has 0 radical (unpaired) electrons. The molecular weight excluding hydrogens is 310 g/mol. The van der Waals surface area contributed by atoms with Crippen molar-refractivity contribution in [1.82, 2.24) is 10.1 Å². The molecule has 4 rings (SSSR count). The molecule has 0 spiro atoms. The van der Waals surface area contributed by atoms with Gasteiger partial charge in [0.2, 0.25) is 11.4 Å². The Balaban J connectivity index is 1.49. The largest absolute Gasteiger partial charge is 0.508 e. The van der Waals surface area contributed by atoms with E-state index in [1.165, 1.54) is 12.1 Å². The van der Waals surface area contributed by atoms with Gasteiger partial charge in [-0.2, -0.15) is 4.98 Å². The van der Waals surface area contributed by atoms with Gasteiger partial charge < -0.3 is 19.1 Å². The van der Waals surface area contributed by atoms with E-state index in [1.54, 1.807) is 12.1 Å². The molecular formula is C15H14F2N2O4. The van der Waals surface area contributed by atoms with Crippen molar-refractivity contribution in [1.29, 1.82) is 0 Å².